The number of rotatable bonds is 8. The second-order valence-electron chi connectivity index (χ2n) is 6.14. The second-order valence-corrected chi connectivity index (χ2v) is 6.14. The molecule has 1 unspecified atom stereocenters. The maximum absolute atomic E-state index is 13.8. The van der Waals surface area contributed by atoms with Gasteiger partial charge in [-0.1, -0.05) is 12.2 Å². The highest BCUT2D eigenvalue weighted by Crippen LogP contribution is 2.22. The lowest BCUT2D eigenvalue weighted by Gasteiger charge is -2.18. The molecule has 0 saturated carbocycles. The van der Waals surface area contributed by atoms with Crippen molar-refractivity contribution in [2.75, 3.05) is 12.4 Å². The fourth-order valence-electron chi connectivity index (χ4n) is 2.60. The van der Waals surface area contributed by atoms with Gasteiger partial charge in [-0.3, -0.25) is 0 Å². The van der Waals surface area contributed by atoms with Crippen molar-refractivity contribution in [3.8, 4) is 0 Å². The predicted molar refractivity (Wildman–Crippen MR) is 107 cm³/mol. The molecule has 1 atom stereocenters. The number of allylic oxidation sites excluding steroid dienone is 6. The first-order chi connectivity index (χ1) is 13.4. The molecule has 150 valence electrons. The first-order valence-corrected chi connectivity index (χ1v) is 8.80. The van der Waals surface area contributed by atoms with Crippen LogP contribution in [0, 0.1) is 0 Å². The molecule has 2 heterocycles. The van der Waals surface area contributed by atoms with Crippen LogP contribution in [0.2, 0.25) is 0 Å². The molecular weight excluding hydrogens is 367 g/mol. The summed E-state index contributed by atoms with van der Waals surface area (Å²) in [6.07, 6.45) is 7.44. The summed E-state index contributed by atoms with van der Waals surface area (Å²) in [5.74, 6) is -0.347. The highest BCUT2D eigenvalue weighted by molar-refractivity contribution is 5.74. The summed E-state index contributed by atoms with van der Waals surface area (Å²) in [4.78, 5) is 4.48. The van der Waals surface area contributed by atoms with Gasteiger partial charge in [0, 0.05) is 24.4 Å². The van der Waals surface area contributed by atoms with E-state index in [0.717, 1.165) is 23.3 Å². The van der Waals surface area contributed by atoms with E-state index in [1.165, 1.54) is 13.0 Å². The Labute approximate surface area is 162 Å². The molecule has 0 aromatic carbocycles. The van der Waals surface area contributed by atoms with Crippen LogP contribution in [-0.2, 0) is 0 Å². The lowest BCUT2D eigenvalue weighted by molar-refractivity contribution is 0.183. The molecule has 0 bridgehead atoms. The van der Waals surface area contributed by atoms with E-state index in [9.17, 15) is 13.2 Å². The molecule has 0 aliphatic carbocycles. The van der Waals surface area contributed by atoms with E-state index in [0.29, 0.717) is 11.5 Å². The monoisotopic (exact) mass is 391 g/mol. The number of nitrogens with zero attached hydrogens (tertiary/aromatic N) is 3. The highest BCUT2D eigenvalue weighted by atomic mass is 19.3. The van der Waals surface area contributed by atoms with Crippen molar-refractivity contribution < 1.29 is 13.2 Å². The molecule has 0 amide bonds. The summed E-state index contributed by atoms with van der Waals surface area (Å²) >= 11 is 0. The van der Waals surface area contributed by atoms with Crippen LogP contribution in [0.25, 0.3) is 11.2 Å². The summed E-state index contributed by atoms with van der Waals surface area (Å²) in [6.45, 7) is 5.16. The van der Waals surface area contributed by atoms with E-state index >= 15 is 0 Å². The van der Waals surface area contributed by atoms with E-state index in [-0.39, 0.29) is 5.57 Å². The van der Waals surface area contributed by atoms with Crippen LogP contribution in [0.4, 0.5) is 19.0 Å². The first-order valence-electron chi connectivity index (χ1n) is 8.80. The van der Waals surface area contributed by atoms with Crippen molar-refractivity contribution in [3.05, 3.63) is 65.9 Å². The summed E-state index contributed by atoms with van der Waals surface area (Å²) in [5.41, 5.74) is 1.97. The van der Waals surface area contributed by atoms with Gasteiger partial charge in [0.05, 0.1) is 12.2 Å². The quantitative estimate of drug-likeness (QED) is 0.639. The molecular formula is C20H24F3N5. The summed E-state index contributed by atoms with van der Waals surface area (Å²) in [7, 11) is 1.79. The number of alkyl halides is 2. The average Bonchev–Trinajstić information content (AvgIpc) is 3.07. The van der Waals surface area contributed by atoms with Gasteiger partial charge in [-0.05, 0) is 50.8 Å². The van der Waals surface area contributed by atoms with Crippen molar-refractivity contribution in [2.45, 2.75) is 33.2 Å². The Kier molecular flexibility index (Phi) is 7.43. The Morgan fingerprint density at radius 3 is 2.71 bits per heavy atom. The zero-order valence-corrected chi connectivity index (χ0v) is 16.2. The third-order valence-electron chi connectivity index (χ3n) is 4.02. The fourth-order valence-corrected chi connectivity index (χ4v) is 2.60. The largest absolute Gasteiger partial charge is 0.394 e. The minimum Gasteiger partial charge on any atom is -0.394 e. The third kappa shape index (κ3) is 5.25. The number of hydrogen-bond acceptors (Lipinski definition) is 4. The number of fused-ring (bicyclic) bond motifs is 1. The molecule has 5 nitrogen and oxygen atoms in total. The van der Waals surface area contributed by atoms with Crippen molar-refractivity contribution in [1.82, 2.24) is 19.9 Å². The summed E-state index contributed by atoms with van der Waals surface area (Å²) < 4.78 is 42.3. The van der Waals surface area contributed by atoms with Crippen LogP contribution in [0.1, 0.15) is 26.3 Å². The fraction of sp³-hybridized carbons (Fsp3) is 0.300. The van der Waals surface area contributed by atoms with Crippen LogP contribution in [0.5, 0.6) is 0 Å². The summed E-state index contributed by atoms with van der Waals surface area (Å²) in [6, 6.07) is 0.812. The number of nitrogens with one attached hydrogen (secondary N) is 2. The molecule has 28 heavy (non-hydrogen) atoms. The van der Waals surface area contributed by atoms with Gasteiger partial charge >= 0.3 is 0 Å². The zero-order chi connectivity index (χ0) is 20.7. The Morgan fingerprint density at radius 2 is 2.07 bits per heavy atom. The van der Waals surface area contributed by atoms with Crippen molar-refractivity contribution in [1.29, 1.82) is 0 Å². The van der Waals surface area contributed by atoms with Gasteiger partial charge in [0.25, 0.3) is 6.43 Å². The Morgan fingerprint density at radius 1 is 1.32 bits per heavy atom. The van der Waals surface area contributed by atoms with Gasteiger partial charge in [0.1, 0.15) is 11.6 Å². The van der Waals surface area contributed by atoms with E-state index < -0.39 is 18.3 Å². The van der Waals surface area contributed by atoms with Crippen LogP contribution in [-0.4, -0.2) is 34.1 Å². The number of aromatic nitrogens is 3. The van der Waals surface area contributed by atoms with E-state index in [1.54, 1.807) is 43.0 Å². The SMILES string of the molecule is C/C=C/C=C(F)\C=C(/C(F)F)C(C)Nc1ccn2ncc(/C(C)=C/NC)c2n1. The predicted octanol–water partition coefficient (Wildman–Crippen LogP) is 4.73. The number of hydrogen-bond donors (Lipinski definition) is 2. The van der Waals surface area contributed by atoms with E-state index in [4.69, 9.17) is 0 Å². The first kappa shape index (κ1) is 21.3. The molecule has 0 saturated heterocycles. The smallest absolute Gasteiger partial charge is 0.262 e. The molecule has 2 aromatic rings. The molecule has 0 aliphatic heterocycles. The van der Waals surface area contributed by atoms with Gasteiger partial charge in [0.2, 0.25) is 0 Å². The summed E-state index contributed by atoms with van der Waals surface area (Å²) in [5, 5.41) is 10.1. The van der Waals surface area contributed by atoms with Crippen LogP contribution >= 0.6 is 0 Å². The third-order valence-corrected chi connectivity index (χ3v) is 4.02. The molecule has 2 N–H and O–H groups in total. The highest BCUT2D eigenvalue weighted by Gasteiger charge is 2.20. The standard InChI is InChI=1S/C20H24F3N5/c1-5-6-7-15(21)10-16(19(22)23)14(3)26-18-8-9-28-20(27-18)17(12-25-28)13(2)11-24-4/h5-12,14,19,24H,1-4H3,(H,26,27)/b6-5+,13-11+,15-7+,16-10-. The Bertz CT molecular complexity index is 925. The molecule has 0 spiro atoms. The lowest BCUT2D eigenvalue weighted by Crippen LogP contribution is -2.23. The normalized spacial score (nSPS) is 14.9. The van der Waals surface area contributed by atoms with Gasteiger partial charge in [-0.2, -0.15) is 5.10 Å². The zero-order valence-electron chi connectivity index (χ0n) is 16.2. The van der Waals surface area contributed by atoms with E-state index in [1.807, 2.05) is 13.1 Å². The van der Waals surface area contributed by atoms with Crippen molar-refractivity contribution >= 4 is 17.0 Å². The molecule has 0 aliphatic rings. The van der Waals surface area contributed by atoms with Crippen LogP contribution < -0.4 is 10.6 Å². The maximum atomic E-state index is 13.8. The second kappa shape index (κ2) is 9.77. The molecule has 2 aromatic heterocycles. The van der Waals surface area contributed by atoms with Gasteiger partial charge in [0.15, 0.2) is 5.65 Å². The molecule has 2 rings (SSSR count). The molecule has 0 radical (unpaired) electrons. The number of halogens is 3. The van der Waals surface area contributed by atoms with Crippen LogP contribution in [0.15, 0.2) is 60.4 Å². The minimum absolute atomic E-state index is 0.361. The average molecular weight is 391 g/mol. The molecule has 0 fully saturated rings. The molecule has 8 heteroatoms. The van der Waals surface area contributed by atoms with E-state index in [2.05, 4.69) is 20.7 Å². The van der Waals surface area contributed by atoms with Gasteiger partial charge < -0.3 is 10.6 Å². The Hall–Kier alpha value is -3.03. The minimum atomic E-state index is -2.80. The van der Waals surface area contributed by atoms with Crippen molar-refractivity contribution in [3.63, 3.8) is 0 Å². The van der Waals surface area contributed by atoms with Gasteiger partial charge in [-0.15, -0.1) is 0 Å². The topological polar surface area (TPSA) is 54.2 Å². The van der Waals surface area contributed by atoms with Crippen LogP contribution in [0.3, 0.4) is 0 Å². The lowest BCUT2D eigenvalue weighted by atomic mass is 10.1. The van der Waals surface area contributed by atoms with Gasteiger partial charge in [-0.25, -0.2) is 22.7 Å². The van der Waals surface area contributed by atoms with Crippen molar-refractivity contribution in [2.24, 2.45) is 0 Å². The Balaban J connectivity index is 2.32. The maximum Gasteiger partial charge on any atom is 0.262 e. The number of anilines is 1.